The Hall–Kier alpha value is -0.680. The van der Waals surface area contributed by atoms with Crippen molar-refractivity contribution in [3.63, 3.8) is 0 Å². The highest BCUT2D eigenvalue weighted by molar-refractivity contribution is 7.45. The van der Waals surface area contributed by atoms with E-state index in [1.165, 1.54) is 25.7 Å². The predicted octanol–water partition coefficient (Wildman–Crippen LogP) is 1.45. The van der Waals surface area contributed by atoms with Crippen LogP contribution in [0.25, 0.3) is 0 Å². The summed E-state index contributed by atoms with van der Waals surface area (Å²) >= 11 is 0. The Morgan fingerprint density at radius 2 is 1.72 bits per heavy atom. The second kappa shape index (κ2) is 9.28. The van der Waals surface area contributed by atoms with Gasteiger partial charge < -0.3 is 14.7 Å². The van der Waals surface area contributed by atoms with Crippen LogP contribution in [-0.4, -0.2) is 19.2 Å². The molecule has 0 amide bonds. The molecular formula is C11H24N2O4P+. The molecular weight excluding hydrogens is 255 g/mol. The Bertz CT molecular complexity index is 331. The minimum absolute atomic E-state index is 1.16. The van der Waals surface area contributed by atoms with Gasteiger partial charge in [0.1, 0.15) is 12.4 Å². The lowest BCUT2D eigenvalue weighted by atomic mass is 10.3. The van der Waals surface area contributed by atoms with Crippen molar-refractivity contribution in [3.05, 3.63) is 18.7 Å². The predicted molar refractivity (Wildman–Crippen MR) is 68.7 cm³/mol. The molecule has 0 radical (unpaired) electrons. The summed E-state index contributed by atoms with van der Waals surface area (Å²) in [6, 6.07) is 0. The van der Waals surface area contributed by atoms with Gasteiger partial charge in [-0.1, -0.05) is 26.7 Å². The third kappa shape index (κ3) is 11.8. The van der Waals surface area contributed by atoms with E-state index in [-0.39, 0.29) is 0 Å². The first-order chi connectivity index (χ1) is 8.36. The Morgan fingerprint density at radius 1 is 1.17 bits per heavy atom. The first kappa shape index (κ1) is 17.3. The molecule has 18 heavy (non-hydrogen) atoms. The summed E-state index contributed by atoms with van der Waals surface area (Å²) < 4.78 is 13.4. The van der Waals surface area contributed by atoms with Crippen molar-refractivity contribution in [3.8, 4) is 0 Å². The summed E-state index contributed by atoms with van der Waals surface area (Å²) in [6.07, 6.45) is 11.7. The third-order valence-corrected chi connectivity index (χ3v) is 2.29. The minimum Gasteiger partial charge on any atom is -0.303 e. The molecule has 0 aliphatic heterocycles. The highest BCUT2D eigenvalue weighted by Crippen LogP contribution is 2.25. The fraction of sp³-hybridized carbons (Fsp3) is 0.727. The molecule has 0 aliphatic carbocycles. The summed E-state index contributed by atoms with van der Waals surface area (Å²) in [5.74, 6) is 0. The van der Waals surface area contributed by atoms with E-state index in [4.69, 9.17) is 19.2 Å². The SMILES string of the molecule is CCCCn1cc[n+](CCCC)c1.O=P(O)(O)O. The van der Waals surface area contributed by atoms with E-state index in [9.17, 15) is 0 Å². The van der Waals surface area contributed by atoms with E-state index >= 15 is 0 Å². The first-order valence-corrected chi connectivity index (χ1v) is 7.76. The molecule has 0 spiro atoms. The lowest BCUT2D eigenvalue weighted by Gasteiger charge is -1.93. The molecule has 1 heterocycles. The van der Waals surface area contributed by atoms with Gasteiger partial charge in [0.15, 0.2) is 0 Å². The Kier molecular flexibility index (Phi) is 8.93. The van der Waals surface area contributed by atoms with E-state index in [1.807, 2.05) is 0 Å². The van der Waals surface area contributed by atoms with E-state index in [0.29, 0.717) is 0 Å². The van der Waals surface area contributed by atoms with Crippen molar-refractivity contribution in [2.75, 3.05) is 0 Å². The second-order valence-corrected chi connectivity index (χ2v) is 5.14. The fourth-order valence-electron chi connectivity index (χ4n) is 1.38. The number of rotatable bonds is 6. The maximum Gasteiger partial charge on any atom is 0.466 e. The normalized spacial score (nSPS) is 10.9. The second-order valence-electron chi connectivity index (χ2n) is 4.11. The summed E-state index contributed by atoms with van der Waals surface area (Å²) in [7, 11) is -4.64. The van der Waals surface area contributed by atoms with Gasteiger partial charge in [-0.3, -0.25) is 0 Å². The number of hydrogen-bond donors (Lipinski definition) is 3. The fourth-order valence-corrected chi connectivity index (χ4v) is 1.38. The Labute approximate surface area is 108 Å². The molecule has 7 heteroatoms. The molecule has 0 saturated carbocycles. The maximum atomic E-state index is 8.88. The molecule has 3 N–H and O–H groups in total. The molecule has 1 aromatic rings. The van der Waals surface area contributed by atoms with Crippen LogP contribution in [0, 0.1) is 0 Å². The molecule has 0 bridgehead atoms. The van der Waals surface area contributed by atoms with E-state index in [2.05, 4.69) is 41.7 Å². The van der Waals surface area contributed by atoms with Crippen LogP contribution >= 0.6 is 7.82 Å². The molecule has 0 fully saturated rings. The van der Waals surface area contributed by atoms with E-state index < -0.39 is 7.82 Å². The summed E-state index contributed by atoms with van der Waals surface area (Å²) in [6.45, 7) is 6.79. The van der Waals surface area contributed by atoms with Gasteiger partial charge in [-0.25, -0.2) is 13.7 Å². The number of phosphoric acid groups is 1. The lowest BCUT2D eigenvalue weighted by molar-refractivity contribution is -0.696. The highest BCUT2D eigenvalue weighted by atomic mass is 31.2. The smallest absolute Gasteiger partial charge is 0.303 e. The topological polar surface area (TPSA) is 86.6 Å². The van der Waals surface area contributed by atoms with Crippen molar-refractivity contribution in [2.24, 2.45) is 0 Å². The highest BCUT2D eigenvalue weighted by Gasteiger charge is 2.01. The molecule has 0 unspecified atom stereocenters. The van der Waals surface area contributed by atoms with Crippen LogP contribution in [0.2, 0.25) is 0 Å². The molecule has 106 valence electrons. The van der Waals surface area contributed by atoms with Gasteiger partial charge in [0.05, 0.1) is 13.1 Å². The summed E-state index contributed by atoms with van der Waals surface area (Å²) in [4.78, 5) is 21.6. The van der Waals surface area contributed by atoms with Crippen LogP contribution in [-0.2, 0) is 17.7 Å². The Balaban J connectivity index is 0.000000494. The number of aromatic nitrogens is 2. The van der Waals surface area contributed by atoms with Crippen molar-refractivity contribution in [2.45, 2.75) is 52.6 Å². The van der Waals surface area contributed by atoms with Gasteiger partial charge in [-0.05, 0) is 12.8 Å². The van der Waals surface area contributed by atoms with Crippen LogP contribution in [0.1, 0.15) is 39.5 Å². The molecule has 0 saturated heterocycles. The van der Waals surface area contributed by atoms with Crippen molar-refractivity contribution in [1.82, 2.24) is 4.57 Å². The zero-order valence-electron chi connectivity index (χ0n) is 11.1. The summed E-state index contributed by atoms with van der Waals surface area (Å²) in [5.41, 5.74) is 0. The van der Waals surface area contributed by atoms with Gasteiger partial charge in [0, 0.05) is 0 Å². The molecule has 6 nitrogen and oxygen atoms in total. The molecule has 1 aromatic heterocycles. The maximum absolute atomic E-state index is 8.88. The van der Waals surface area contributed by atoms with Crippen molar-refractivity contribution in [1.29, 1.82) is 0 Å². The number of nitrogens with zero attached hydrogens (tertiary/aromatic N) is 2. The molecule has 0 atom stereocenters. The van der Waals surface area contributed by atoms with Gasteiger partial charge >= 0.3 is 7.82 Å². The largest absolute Gasteiger partial charge is 0.466 e. The molecule has 1 rings (SSSR count). The van der Waals surface area contributed by atoms with E-state index in [0.717, 1.165) is 13.1 Å². The number of hydrogen-bond acceptors (Lipinski definition) is 1. The third-order valence-electron chi connectivity index (χ3n) is 2.29. The number of unbranched alkanes of at least 4 members (excludes halogenated alkanes) is 2. The van der Waals surface area contributed by atoms with Crippen LogP contribution in [0.5, 0.6) is 0 Å². The zero-order valence-corrected chi connectivity index (χ0v) is 12.0. The van der Waals surface area contributed by atoms with Crippen LogP contribution in [0.4, 0.5) is 0 Å². The molecule has 0 aromatic carbocycles. The van der Waals surface area contributed by atoms with Crippen LogP contribution < -0.4 is 4.57 Å². The van der Waals surface area contributed by atoms with Gasteiger partial charge in [0.2, 0.25) is 6.33 Å². The van der Waals surface area contributed by atoms with E-state index in [1.54, 1.807) is 0 Å². The average molecular weight is 279 g/mol. The first-order valence-electron chi connectivity index (χ1n) is 6.20. The van der Waals surface area contributed by atoms with Gasteiger partial charge in [-0.2, -0.15) is 0 Å². The van der Waals surface area contributed by atoms with Crippen LogP contribution in [0.3, 0.4) is 0 Å². The number of aryl methyl sites for hydroxylation is 2. The Morgan fingerprint density at radius 3 is 2.22 bits per heavy atom. The van der Waals surface area contributed by atoms with Crippen molar-refractivity contribution < 1.29 is 23.8 Å². The van der Waals surface area contributed by atoms with Crippen LogP contribution in [0.15, 0.2) is 18.7 Å². The van der Waals surface area contributed by atoms with Gasteiger partial charge in [-0.15, -0.1) is 0 Å². The minimum atomic E-state index is -4.64. The lowest BCUT2D eigenvalue weighted by Crippen LogP contribution is -2.30. The number of imidazole rings is 1. The summed E-state index contributed by atoms with van der Waals surface area (Å²) in [5, 5.41) is 0. The van der Waals surface area contributed by atoms with Gasteiger partial charge in [0.25, 0.3) is 0 Å². The standard InChI is InChI=1S/C11H21N2.H3O4P/c1-3-5-7-12-9-10-13(11-12)8-6-4-2;1-5(2,3)4/h9-11H,3-8H2,1-2H3;(H3,1,2,3,4)/q+1;. The zero-order chi connectivity index (χ0) is 14.0. The van der Waals surface area contributed by atoms with Crippen molar-refractivity contribution >= 4 is 7.82 Å². The molecule has 0 aliphatic rings. The quantitative estimate of drug-likeness (QED) is 0.543. The monoisotopic (exact) mass is 279 g/mol. The average Bonchev–Trinajstić information content (AvgIpc) is 2.69.